The van der Waals surface area contributed by atoms with Gasteiger partial charge in [-0.15, -0.1) is 11.6 Å². The number of hydrogen-bond acceptors (Lipinski definition) is 3. The van der Waals surface area contributed by atoms with Crippen LogP contribution in [0.15, 0.2) is 0 Å². The minimum atomic E-state index is -3.21. The van der Waals surface area contributed by atoms with Crippen LogP contribution in [0.3, 0.4) is 0 Å². The molecule has 80 valence electrons. The number of alkyl halides is 1. The minimum absolute atomic E-state index is 0.0657. The summed E-state index contributed by atoms with van der Waals surface area (Å²) in [5, 5.41) is 0. The van der Waals surface area contributed by atoms with Crippen LogP contribution < -0.4 is 4.72 Å². The first kappa shape index (κ1) is 13.4. The van der Waals surface area contributed by atoms with Crippen molar-refractivity contribution in [3.8, 4) is 0 Å². The zero-order valence-electron chi connectivity index (χ0n) is 7.45. The molecule has 1 unspecified atom stereocenters. The van der Waals surface area contributed by atoms with Crippen LogP contribution in [0, 0.1) is 0 Å². The standard InChI is InChI=1S/C6H14ClNO3S2/c1-12(9)5-2-4-8-13(10,11)6-3-7/h8H,2-6H2,1H3. The van der Waals surface area contributed by atoms with Crippen LogP contribution in [0.25, 0.3) is 0 Å². The van der Waals surface area contributed by atoms with Crippen LogP contribution in [0.1, 0.15) is 6.42 Å². The maximum Gasteiger partial charge on any atom is 0.212 e. The molecule has 0 spiro atoms. The molecule has 0 aromatic carbocycles. The Bertz CT molecular complexity index is 253. The first-order valence-electron chi connectivity index (χ1n) is 3.81. The second-order valence-corrected chi connectivity index (χ2v) is 6.39. The van der Waals surface area contributed by atoms with Gasteiger partial charge in [0.05, 0.1) is 5.75 Å². The number of nitrogens with one attached hydrogen (secondary N) is 1. The van der Waals surface area contributed by atoms with E-state index in [0.29, 0.717) is 18.7 Å². The highest BCUT2D eigenvalue weighted by Crippen LogP contribution is 1.88. The van der Waals surface area contributed by atoms with Crippen LogP contribution in [0.4, 0.5) is 0 Å². The topological polar surface area (TPSA) is 63.2 Å². The van der Waals surface area contributed by atoms with E-state index in [-0.39, 0.29) is 11.6 Å². The molecule has 0 saturated heterocycles. The van der Waals surface area contributed by atoms with E-state index in [4.69, 9.17) is 11.6 Å². The maximum absolute atomic E-state index is 11.0. The van der Waals surface area contributed by atoms with Crippen LogP contribution in [0.2, 0.25) is 0 Å². The van der Waals surface area contributed by atoms with Gasteiger partial charge in [0.1, 0.15) is 0 Å². The Kier molecular flexibility index (Phi) is 6.93. The zero-order valence-corrected chi connectivity index (χ0v) is 9.84. The van der Waals surface area contributed by atoms with Crippen molar-refractivity contribution < 1.29 is 12.6 Å². The summed E-state index contributed by atoms with van der Waals surface area (Å²) >= 11 is 5.28. The molecule has 0 saturated carbocycles. The van der Waals surface area contributed by atoms with Crippen molar-refractivity contribution in [2.24, 2.45) is 0 Å². The molecule has 0 fully saturated rings. The predicted molar refractivity (Wildman–Crippen MR) is 56.1 cm³/mol. The van der Waals surface area contributed by atoms with Crippen molar-refractivity contribution in [2.75, 3.05) is 30.2 Å². The average Bonchev–Trinajstić information content (AvgIpc) is 1.98. The lowest BCUT2D eigenvalue weighted by atomic mass is 10.5. The predicted octanol–water partition coefficient (Wildman–Crippen LogP) is -0.0868. The third-order valence-corrected chi connectivity index (χ3v) is 3.94. The highest BCUT2D eigenvalue weighted by atomic mass is 35.5. The Balaban J connectivity index is 3.58. The molecule has 0 bridgehead atoms. The van der Waals surface area contributed by atoms with Crippen molar-refractivity contribution in [1.29, 1.82) is 0 Å². The lowest BCUT2D eigenvalue weighted by Crippen LogP contribution is -2.28. The Morgan fingerprint density at radius 3 is 2.54 bits per heavy atom. The highest BCUT2D eigenvalue weighted by Gasteiger charge is 2.07. The third kappa shape index (κ3) is 8.67. The molecule has 0 heterocycles. The molecule has 1 N–H and O–H groups in total. The van der Waals surface area contributed by atoms with Gasteiger partial charge in [0, 0.05) is 35.2 Å². The van der Waals surface area contributed by atoms with Crippen LogP contribution in [0.5, 0.6) is 0 Å². The summed E-state index contributed by atoms with van der Waals surface area (Å²) in [5.41, 5.74) is 0. The molecule has 7 heteroatoms. The Labute approximate surface area is 86.6 Å². The SMILES string of the molecule is CS(=O)CCCNS(=O)(=O)CCCl. The Morgan fingerprint density at radius 2 is 2.08 bits per heavy atom. The third-order valence-electron chi connectivity index (χ3n) is 1.28. The van der Waals surface area contributed by atoms with E-state index < -0.39 is 20.8 Å². The summed E-state index contributed by atoms with van der Waals surface area (Å²) in [7, 11) is -4.07. The molecule has 4 nitrogen and oxygen atoms in total. The van der Waals surface area contributed by atoms with E-state index in [0.717, 1.165) is 0 Å². The van der Waals surface area contributed by atoms with E-state index in [2.05, 4.69) is 4.72 Å². The summed E-state index contributed by atoms with van der Waals surface area (Å²) in [6, 6.07) is 0. The molecule has 0 aliphatic carbocycles. The van der Waals surface area contributed by atoms with Gasteiger partial charge in [-0.05, 0) is 6.42 Å². The number of hydrogen-bond donors (Lipinski definition) is 1. The molecule has 0 aliphatic heterocycles. The lowest BCUT2D eigenvalue weighted by molar-refractivity contribution is 0.582. The van der Waals surface area contributed by atoms with Gasteiger partial charge in [-0.3, -0.25) is 4.21 Å². The van der Waals surface area contributed by atoms with Crippen LogP contribution >= 0.6 is 11.6 Å². The lowest BCUT2D eigenvalue weighted by Gasteiger charge is -2.03. The molecule has 0 rings (SSSR count). The maximum atomic E-state index is 11.0. The van der Waals surface area contributed by atoms with Gasteiger partial charge in [-0.2, -0.15) is 0 Å². The zero-order chi connectivity index (χ0) is 10.3. The van der Waals surface area contributed by atoms with Crippen LogP contribution in [-0.4, -0.2) is 42.8 Å². The van der Waals surface area contributed by atoms with Crippen LogP contribution in [-0.2, 0) is 20.8 Å². The minimum Gasteiger partial charge on any atom is -0.260 e. The van der Waals surface area contributed by atoms with Gasteiger partial charge in [0.15, 0.2) is 0 Å². The van der Waals surface area contributed by atoms with Crippen molar-refractivity contribution in [3.63, 3.8) is 0 Å². The van der Waals surface area contributed by atoms with E-state index in [9.17, 15) is 12.6 Å². The summed E-state index contributed by atoms with van der Waals surface area (Å²) in [4.78, 5) is 0. The second-order valence-electron chi connectivity index (χ2n) is 2.53. The highest BCUT2D eigenvalue weighted by molar-refractivity contribution is 7.89. The van der Waals surface area contributed by atoms with Gasteiger partial charge >= 0.3 is 0 Å². The molecular weight excluding hydrogens is 234 g/mol. The molecular formula is C6H14ClNO3S2. The van der Waals surface area contributed by atoms with Gasteiger partial charge in [-0.1, -0.05) is 0 Å². The summed E-state index contributed by atoms with van der Waals surface area (Å²) < 4.78 is 35.0. The quantitative estimate of drug-likeness (QED) is 0.505. The molecule has 0 radical (unpaired) electrons. The fourth-order valence-corrected chi connectivity index (χ4v) is 2.64. The normalized spacial score (nSPS) is 14.3. The molecule has 1 atom stereocenters. The van der Waals surface area contributed by atoms with Gasteiger partial charge < -0.3 is 0 Å². The van der Waals surface area contributed by atoms with Gasteiger partial charge in [-0.25, -0.2) is 13.1 Å². The van der Waals surface area contributed by atoms with Crippen molar-refractivity contribution in [1.82, 2.24) is 4.72 Å². The number of halogens is 1. The van der Waals surface area contributed by atoms with Crippen molar-refractivity contribution in [3.05, 3.63) is 0 Å². The Hall–Kier alpha value is 0.350. The van der Waals surface area contributed by atoms with Gasteiger partial charge in [0.25, 0.3) is 0 Å². The molecule has 0 aromatic rings. The molecule has 0 amide bonds. The smallest absolute Gasteiger partial charge is 0.212 e. The van der Waals surface area contributed by atoms with E-state index in [1.165, 1.54) is 0 Å². The first-order chi connectivity index (χ1) is 5.98. The summed E-state index contributed by atoms with van der Waals surface area (Å²) in [6.45, 7) is 0.332. The second kappa shape index (κ2) is 6.75. The van der Waals surface area contributed by atoms with Crippen molar-refractivity contribution in [2.45, 2.75) is 6.42 Å². The molecule has 0 aromatic heterocycles. The van der Waals surface area contributed by atoms with Crippen molar-refractivity contribution >= 4 is 32.4 Å². The molecule has 0 aliphatic rings. The van der Waals surface area contributed by atoms with E-state index in [1.54, 1.807) is 6.26 Å². The largest absolute Gasteiger partial charge is 0.260 e. The molecule has 13 heavy (non-hydrogen) atoms. The van der Waals surface area contributed by atoms with Gasteiger partial charge in [0.2, 0.25) is 10.0 Å². The first-order valence-corrected chi connectivity index (χ1v) is 7.72. The fraction of sp³-hybridized carbons (Fsp3) is 1.00. The fourth-order valence-electron chi connectivity index (χ4n) is 0.677. The number of sulfonamides is 1. The van der Waals surface area contributed by atoms with E-state index in [1.807, 2.05) is 0 Å². The average molecular weight is 248 g/mol. The monoisotopic (exact) mass is 247 g/mol. The van der Waals surface area contributed by atoms with E-state index >= 15 is 0 Å². The number of rotatable bonds is 7. The summed E-state index contributed by atoms with van der Waals surface area (Å²) in [5.74, 6) is 0.544. The summed E-state index contributed by atoms with van der Waals surface area (Å²) in [6.07, 6.45) is 2.18. The Morgan fingerprint density at radius 1 is 1.46 bits per heavy atom.